The number of Topliss-reactive ketones (excluding diaryl/α,β-unsaturated/α-hetero) is 1. The normalized spacial score (nSPS) is 9.18. The van der Waals surface area contributed by atoms with E-state index in [0.717, 1.165) is 0 Å². The Kier molecular flexibility index (Phi) is 2.06. The van der Waals surface area contributed by atoms with Crippen molar-refractivity contribution < 1.29 is 9.59 Å². The van der Waals surface area contributed by atoms with Crippen LogP contribution < -0.4 is 0 Å². The van der Waals surface area contributed by atoms with Gasteiger partial charge in [-0.05, 0) is 0 Å². The highest BCUT2D eigenvalue weighted by Crippen LogP contribution is 1.94. The van der Waals surface area contributed by atoms with Crippen LogP contribution in [0, 0.1) is 0 Å². The summed E-state index contributed by atoms with van der Waals surface area (Å²) in [5.74, 6) is -0.193. The smallest absolute Gasteiger partial charge is 0.179 e. The molecule has 0 aliphatic rings. The maximum Gasteiger partial charge on any atom is 0.179 e. The number of carbonyl (C=O) groups is 2. The van der Waals surface area contributed by atoms with Crippen molar-refractivity contribution in [3.63, 3.8) is 0 Å². The monoisotopic (exact) mass is 150 g/mol. The van der Waals surface area contributed by atoms with Gasteiger partial charge in [-0.25, -0.2) is 4.98 Å². The second-order valence-corrected chi connectivity index (χ2v) is 2.00. The molecule has 0 aliphatic heterocycles. The van der Waals surface area contributed by atoms with E-state index in [0.29, 0.717) is 6.29 Å². The van der Waals surface area contributed by atoms with E-state index in [1.165, 1.54) is 19.3 Å². The summed E-state index contributed by atoms with van der Waals surface area (Å²) in [4.78, 5) is 28.2. The fourth-order valence-corrected chi connectivity index (χ4v) is 0.607. The fraction of sp³-hybridized carbons (Fsp3) is 0.143. The molecule has 1 aromatic rings. The molecular formula is C7H6N2O2. The molecule has 0 atom stereocenters. The molecule has 0 aliphatic carbocycles. The molecule has 0 aromatic carbocycles. The van der Waals surface area contributed by atoms with Gasteiger partial charge in [-0.3, -0.25) is 14.6 Å². The number of hydrogen-bond acceptors (Lipinski definition) is 4. The van der Waals surface area contributed by atoms with Gasteiger partial charge in [0.15, 0.2) is 12.1 Å². The maximum atomic E-state index is 10.7. The van der Waals surface area contributed by atoms with Crippen molar-refractivity contribution in [2.75, 3.05) is 0 Å². The molecule has 0 spiro atoms. The number of aldehydes is 1. The quantitative estimate of drug-likeness (QED) is 0.454. The van der Waals surface area contributed by atoms with Gasteiger partial charge in [-0.2, -0.15) is 0 Å². The van der Waals surface area contributed by atoms with Crippen LogP contribution in [0.25, 0.3) is 0 Å². The van der Waals surface area contributed by atoms with Crippen molar-refractivity contribution >= 4 is 12.1 Å². The molecule has 1 rings (SSSR count). The lowest BCUT2D eigenvalue weighted by Crippen LogP contribution is -2.00. The minimum Gasteiger partial charge on any atom is -0.296 e. The summed E-state index contributed by atoms with van der Waals surface area (Å²) in [6.07, 6.45) is 3.19. The lowest BCUT2D eigenvalue weighted by Gasteiger charge is -1.92. The van der Waals surface area contributed by atoms with Crippen molar-refractivity contribution in [2.45, 2.75) is 6.92 Å². The summed E-state index contributed by atoms with van der Waals surface area (Å²) in [5.41, 5.74) is 0.396. The Bertz CT molecular complexity index is 296. The Morgan fingerprint density at radius 1 is 1.55 bits per heavy atom. The second kappa shape index (κ2) is 3.01. The van der Waals surface area contributed by atoms with Crippen LogP contribution in [0.3, 0.4) is 0 Å². The predicted octanol–water partition coefficient (Wildman–Crippen LogP) is 0.492. The van der Waals surface area contributed by atoms with E-state index < -0.39 is 0 Å². The van der Waals surface area contributed by atoms with E-state index in [1.807, 2.05) is 0 Å². The summed E-state index contributed by atoms with van der Waals surface area (Å²) >= 11 is 0. The average Bonchev–Trinajstić information content (AvgIpc) is 2.05. The molecule has 4 nitrogen and oxygen atoms in total. The van der Waals surface area contributed by atoms with Gasteiger partial charge >= 0.3 is 0 Å². The first-order valence-electron chi connectivity index (χ1n) is 3.02. The number of carbonyl (C=O) groups excluding carboxylic acids is 2. The molecule has 0 saturated heterocycles. The second-order valence-electron chi connectivity index (χ2n) is 2.00. The summed E-state index contributed by atoms with van der Waals surface area (Å²) in [6, 6.07) is 0. The Labute approximate surface area is 63.3 Å². The molecule has 11 heavy (non-hydrogen) atoms. The Morgan fingerprint density at radius 2 is 2.27 bits per heavy atom. The molecule has 0 N–H and O–H groups in total. The maximum absolute atomic E-state index is 10.7. The molecule has 0 unspecified atom stereocenters. The van der Waals surface area contributed by atoms with Crippen molar-refractivity contribution in [3.05, 3.63) is 23.8 Å². The first-order valence-corrected chi connectivity index (χ1v) is 3.02. The molecule has 0 amide bonds. The van der Waals surface area contributed by atoms with Crippen LogP contribution in [0.4, 0.5) is 0 Å². The standard InChI is InChI=1S/C7H6N2O2/c1-5(11)7-3-8-2-6(4-10)9-7/h2-4H,1H3. The van der Waals surface area contributed by atoms with Crippen LogP contribution in [-0.4, -0.2) is 22.0 Å². The Morgan fingerprint density at radius 3 is 2.82 bits per heavy atom. The van der Waals surface area contributed by atoms with Crippen LogP contribution in [0.15, 0.2) is 12.4 Å². The minimum absolute atomic E-state index is 0.178. The highest BCUT2D eigenvalue weighted by atomic mass is 16.1. The van der Waals surface area contributed by atoms with Crippen LogP contribution in [0.1, 0.15) is 27.9 Å². The first-order chi connectivity index (χ1) is 5.24. The molecule has 0 radical (unpaired) electrons. The zero-order valence-electron chi connectivity index (χ0n) is 5.94. The molecule has 4 heteroatoms. The summed E-state index contributed by atoms with van der Waals surface area (Å²) in [6.45, 7) is 1.37. The number of nitrogens with zero attached hydrogens (tertiary/aromatic N) is 2. The van der Waals surface area contributed by atoms with Gasteiger partial charge in [0.25, 0.3) is 0 Å². The zero-order valence-corrected chi connectivity index (χ0v) is 5.94. The van der Waals surface area contributed by atoms with E-state index in [4.69, 9.17) is 0 Å². The highest BCUT2D eigenvalue weighted by Gasteiger charge is 2.01. The first kappa shape index (κ1) is 7.53. The van der Waals surface area contributed by atoms with Gasteiger partial charge in [0, 0.05) is 6.92 Å². The van der Waals surface area contributed by atoms with E-state index in [9.17, 15) is 9.59 Å². The summed E-state index contributed by atoms with van der Waals surface area (Å²) in [7, 11) is 0. The van der Waals surface area contributed by atoms with E-state index in [-0.39, 0.29) is 17.2 Å². The lowest BCUT2D eigenvalue weighted by atomic mass is 10.3. The zero-order chi connectivity index (χ0) is 8.27. The van der Waals surface area contributed by atoms with Crippen LogP contribution in [0.5, 0.6) is 0 Å². The van der Waals surface area contributed by atoms with E-state index >= 15 is 0 Å². The van der Waals surface area contributed by atoms with Gasteiger partial charge in [0.1, 0.15) is 11.4 Å². The van der Waals surface area contributed by atoms with Crippen LogP contribution in [0.2, 0.25) is 0 Å². The van der Waals surface area contributed by atoms with Crippen molar-refractivity contribution in [2.24, 2.45) is 0 Å². The summed E-state index contributed by atoms with van der Waals surface area (Å²) in [5, 5.41) is 0. The third-order valence-corrected chi connectivity index (χ3v) is 1.13. The number of ketones is 1. The molecule has 1 heterocycles. The van der Waals surface area contributed by atoms with Gasteiger partial charge in [-0.1, -0.05) is 0 Å². The van der Waals surface area contributed by atoms with E-state index in [2.05, 4.69) is 9.97 Å². The third-order valence-electron chi connectivity index (χ3n) is 1.13. The molecule has 1 aromatic heterocycles. The van der Waals surface area contributed by atoms with Crippen LogP contribution in [-0.2, 0) is 0 Å². The van der Waals surface area contributed by atoms with Crippen molar-refractivity contribution in [3.8, 4) is 0 Å². The number of rotatable bonds is 2. The predicted molar refractivity (Wildman–Crippen MR) is 37.4 cm³/mol. The SMILES string of the molecule is CC(=O)c1cncc(C=O)n1. The van der Waals surface area contributed by atoms with Crippen molar-refractivity contribution in [1.29, 1.82) is 0 Å². The highest BCUT2D eigenvalue weighted by molar-refractivity contribution is 5.92. The van der Waals surface area contributed by atoms with Gasteiger partial charge in [0.2, 0.25) is 0 Å². The molecular weight excluding hydrogens is 144 g/mol. The van der Waals surface area contributed by atoms with Gasteiger partial charge in [0.05, 0.1) is 12.4 Å². The molecule has 0 fully saturated rings. The number of hydrogen-bond donors (Lipinski definition) is 0. The third kappa shape index (κ3) is 1.67. The Balaban J connectivity index is 3.10. The number of aromatic nitrogens is 2. The largest absolute Gasteiger partial charge is 0.296 e. The minimum atomic E-state index is -0.193. The van der Waals surface area contributed by atoms with Crippen LogP contribution >= 0.6 is 0 Å². The van der Waals surface area contributed by atoms with Crippen molar-refractivity contribution in [1.82, 2.24) is 9.97 Å². The van der Waals surface area contributed by atoms with Gasteiger partial charge in [-0.15, -0.1) is 0 Å². The fourth-order valence-electron chi connectivity index (χ4n) is 0.607. The van der Waals surface area contributed by atoms with Gasteiger partial charge < -0.3 is 0 Å². The molecule has 56 valence electrons. The lowest BCUT2D eigenvalue weighted by molar-refractivity contribution is 0.101. The van der Waals surface area contributed by atoms with E-state index in [1.54, 1.807) is 0 Å². The average molecular weight is 150 g/mol. The topological polar surface area (TPSA) is 59.9 Å². The molecule has 0 saturated carbocycles. The summed E-state index contributed by atoms with van der Waals surface area (Å²) < 4.78 is 0. The Hall–Kier alpha value is -1.58. The molecule has 0 bridgehead atoms.